The molecule has 0 radical (unpaired) electrons. The minimum absolute atomic E-state index is 0.252. The van der Waals surface area contributed by atoms with E-state index in [1.54, 1.807) is 23.0 Å². The van der Waals surface area contributed by atoms with E-state index in [-0.39, 0.29) is 5.56 Å². The number of nitrogens with zero attached hydrogens (tertiary/aromatic N) is 3. The highest BCUT2D eigenvalue weighted by Gasteiger charge is 2.22. The van der Waals surface area contributed by atoms with Crippen LogP contribution < -0.4 is 5.73 Å². The number of carbonyl (C=O) groups is 2. The van der Waals surface area contributed by atoms with Crippen LogP contribution in [0.1, 0.15) is 22.8 Å². The van der Waals surface area contributed by atoms with Crippen molar-refractivity contribution in [1.82, 2.24) is 14.8 Å². The molecule has 0 aliphatic carbocycles. The van der Waals surface area contributed by atoms with Crippen LogP contribution in [-0.4, -0.2) is 32.7 Å². The number of esters is 1. The second-order valence-electron chi connectivity index (χ2n) is 7.00. The van der Waals surface area contributed by atoms with Crippen LogP contribution in [-0.2, 0) is 16.1 Å². The molecule has 31 heavy (non-hydrogen) atoms. The molecule has 8 heteroatoms. The largest absolute Gasteiger partial charge is 0.449 e. The molecule has 0 spiro atoms. The summed E-state index contributed by atoms with van der Waals surface area (Å²) in [5.74, 6) is -1.40. The lowest BCUT2D eigenvalue weighted by Gasteiger charge is -2.12. The van der Waals surface area contributed by atoms with Gasteiger partial charge < -0.3 is 10.5 Å². The van der Waals surface area contributed by atoms with Gasteiger partial charge in [-0.25, -0.2) is 14.5 Å². The van der Waals surface area contributed by atoms with Crippen LogP contribution in [0.2, 0.25) is 5.02 Å². The molecule has 2 heterocycles. The Kier molecular flexibility index (Phi) is 5.68. The number of halogens is 1. The Morgan fingerprint density at radius 1 is 1.13 bits per heavy atom. The maximum Gasteiger partial charge on any atom is 0.339 e. The van der Waals surface area contributed by atoms with E-state index in [0.717, 1.165) is 11.1 Å². The predicted octanol–water partition coefficient (Wildman–Crippen LogP) is 3.83. The fourth-order valence-corrected chi connectivity index (χ4v) is 3.35. The lowest BCUT2D eigenvalue weighted by atomic mass is 10.1. The van der Waals surface area contributed by atoms with E-state index in [1.807, 2.05) is 48.5 Å². The van der Waals surface area contributed by atoms with Crippen molar-refractivity contribution >= 4 is 34.5 Å². The normalized spacial score (nSPS) is 11.9. The van der Waals surface area contributed by atoms with Crippen molar-refractivity contribution in [1.29, 1.82) is 0 Å². The summed E-state index contributed by atoms with van der Waals surface area (Å²) in [6.07, 6.45) is 0.494. The monoisotopic (exact) mass is 434 g/mol. The van der Waals surface area contributed by atoms with Crippen molar-refractivity contribution in [2.45, 2.75) is 19.6 Å². The van der Waals surface area contributed by atoms with Crippen molar-refractivity contribution < 1.29 is 14.3 Å². The molecule has 0 aliphatic rings. The van der Waals surface area contributed by atoms with Crippen LogP contribution in [0.25, 0.3) is 22.3 Å². The molecule has 2 N–H and O–H groups in total. The zero-order valence-corrected chi connectivity index (χ0v) is 17.4. The molecule has 2 aromatic heterocycles. The highest BCUT2D eigenvalue weighted by atomic mass is 35.5. The van der Waals surface area contributed by atoms with Gasteiger partial charge in [0.2, 0.25) is 0 Å². The number of carbonyl (C=O) groups excluding carboxylic acids is 2. The van der Waals surface area contributed by atoms with Crippen molar-refractivity contribution in [3.05, 3.63) is 83.0 Å². The summed E-state index contributed by atoms with van der Waals surface area (Å²) >= 11 is 6.31. The van der Waals surface area contributed by atoms with E-state index in [4.69, 9.17) is 27.1 Å². The third kappa shape index (κ3) is 4.27. The van der Waals surface area contributed by atoms with Crippen LogP contribution in [0.5, 0.6) is 0 Å². The second-order valence-corrected chi connectivity index (χ2v) is 7.41. The molecule has 2 aromatic carbocycles. The Balaban J connectivity index is 1.84. The Morgan fingerprint density at radius 3 is 2.55 bits per heavy atom. The summed E-state index contributed by atoms with van der Waals surface area (Å²) < 4.78 is 6.92. The molecule has 0 saturated carbocycles. The van der Waals surface area contributed by atoms with E-state index in [0.29, 0.717) is 28.3 Å². The van der Waals surface area contributed by atoms with E-state index in [1.165, 1.54) is 6.92 Å². The topological polar surface area (TPSA) is 100 Å². The number of nitrogens with two attached hydrogens (primary N) is 1. The van der Waals surface area contributed by atoms with Gasteiger partial charge in [0.1, 0.15) is 0 Å². The van der Waals surface area contributed by atoms with Crippen LogP contribution in [0.4, 0.5) is 0 Å². The standard InChI is InChI=1S/C23H19ClN4O3/c1-14(21(25)29)31-23(30)17-11-20(15-7-3-2-4-8-15)27-22-18(17)12-26-28(22)13-16-9-5-6-10-19(16)24/h2-12,14H,13H2,1H3,(H2,25,29). The first kappa shape index (κ1) is 20.6. The molecule has 4 rings (SSSR count). The maximum absolute atomic E-state index is 12.9. The lowest BCUT2D eigenvalue weighted by molar-refractivity contribution is -0.125. The minimum Gasteiger partial charge on any atom is -0.449 e. The van der Waals surface area contributed by atoms with Crippen molar-refractivity contribution in [2.75, 3.05) is 0 Å². The Hall–Kier alpha value is -3.71. The molecule has 7 nitrogen and oxygen atoms in total. The molecule has 0 bridgehead atoms. The first-order valence-corrected chi connectivity index (χ1v) is 9.97. The number of ether oxygens (including phenoxy) is 1. The fraction of sp³-hybridized carbons (Fsp3) is 0.130. The fourth-order valence-electron chi connectivity index (χ4n) is 3.16. The maximum atomic E-state index is 12.9. The number of aromatic nitrogens is 3. The minimum atomic E-state index is -1.06. The number of hydrogen-bond acceptors (Lipinski definition) is 5. The molecule has 1 unspecified atom stereocenters. The SMILES string of the molecule is CC(OC(=O)c1cc(-c2ccccc2)nc2c1cnn2Cc1ccccc1Cl)C(N)=O. The van der Waals surface area contributed by atoms with E-state index < -0.39 is 18.0 Å². The summed E-state index contributed by atoms with van der Waals surface area (Å²) in [5.41, 5.74) is 8.27. The van der Waals surface area contributed by atoms with Crippen LogP contribution in [0, 0.1) is 0 Å². The number of pyridine rings is 1. The van der Waals surface area contributed by atoms with E-state index in [9.17, 15) is 9.59 Å². The molecule has 156 valence electrons. The van der Waals surface area contributed by atoms with Crippen molar-refractivity contribution in [3.63, 3.8) is 0 Å². The summed E-state index contributed by atoms with van der Waals surface area (Å²) in [6.45, 7) is 1.80. The average molecular weight is 435 g/mol. The van der Waals surface area contributed by atoms with Crippen molar-refractivity contribution in [3.8, 4) is 11.3 Å². The summed E-state index contributed by atoms with van der Waals surface area (Å²) in [4.78, 5) is 29.0. The molecule has 0 saturated heterocycles. The summed E-state index contributed by atoms with van der Waals surface area (Å²) in [7, 11) is 0. The number of benzene rings is 2. The zero-order chi connectivity index (χ0) is 22.0. The number of hydrogen-bond donors (Lipinski definition) is 1. The van der Waals surface area contributed by atoms with E-state index >= 15 is 0 Å². The van der Waals surface area contributed by atoms with Crippen LogP contribution >= 0.6 is 11.6 Å². The molecule has 4 aromatic rings. The predicted molar refractivity (Wildman–Crippen MR) is 118 cm³/mol. The van der Waals surface area contributed by atoms with E-state index in [2.05, 4.69) is 5.10 Å². The number of rotatable bonds is 6. The van der Waals surface area contributed by atoms with Gasteiger partial charge in [0.05, 0.1) is 29.4 Å². The number of primary amides is 1. The first-order valence-electron chi connectivity index (χ1n) is 9.59. The first-order chi connectivity index (χ1) is 14.9. The van der Waals surface area contributed by atoms with Crippen LogP contribution in [0.3, 0.4) is 0 Å². The Morgan fingerprint density at radius 2 is 1.84 bits per heavy atom. The average Bonchev–Trinajstić information content (AvgIpc) is 3.17. The Bertz CT molecular complexity index is 1270. The van der Waals surface area contributed by atoms with Crippen molar-refractivity contribution in [2.24, 2.45) is 5.73 Å². The Labute approximate surface area is 183 Å². The smallest absolute Gasteiger partial charge is 0.339 e. The quantitative estimate of drug-likeness (QED) is 0.465. The van der Waals surface area contributed by atoms with Gasteiger partial charge >= 0.3 is 5.97 Å². The molecular weight excluding hydrogens is 416 g/mol. The molecule has 1 amide bonds. The van der Waals surface area contributed by atoms with Gasteiger partial charge in [0.25, 0.3) is 5.91 Å². The van der Waals surface area contributed by atoms with Gasteiger partial charge in [0.15, 0.2) is 11.8 Å². The summed E-state index contributed by atoms with van der Waals surface area (Å²) in [5, 5.41) is 5.54. The third-order valence-electron chi connectivity index (χ3n) is 4.86. The molecule has 0 fully saturated rings. The number of fused-ring (bicyclic) bond motifs is 1. The number of amides is 1. The van der Waals surface area contributed by atoms with Gasteiger partial charge in [-0.05, 0) is 24.6 Å². The van der Waals surface area contributed by atoms with Crippen LogP contribution in [0.15, 0.2) is 66.9 Å². The summed E-state index contributed by atoms with van der Waals surface area (Å²) in [6, 6.07) is 18.5. The molecule has 0 aliphatic heterocycles. The highest BCUT2D eigenvalue weighted by Crippen LogP contribution is 2.27. The second kappa shape index (κ2) is 8.57. The van der Waals surface area contributed by atoms with Gasteiger partial charge in [-0.2, -0.15) is 5.10 Å². The van der Waals surface area contributed by atoms with Gasteiger partial charge in [0, 0.05) is 10.6 Å². The van der Waals surface area contributed by atoms with Gasteiger partial charge in [-0.3, -0.25) is 4.79 Å². The molecule has 1 atom stereocenters. The molecular formula is C23H19ClN4O3. The third-order valence-corrected chi connectivity index (χ3v) is 5.23. The van der Waals surface area contributed by atoms with Gasteiger partial charge in [-0.15, -0.1) is 0 Å². The zero-order valence-electron chi connectivity index (χ0n) is 16.7. The van der Waals surface area contributed by atoms with Gasteiger partial charge in [-0.1, -0.05) is 60.1 Å². The highest BCUT2D eigenvalue weighted by molar-refractivity contribution is 6.31. The lowest BCUT2D eigenvalue weighted by Crippen LogP contribution is -2.30.